The molecule has 0 N–H and O–H groups in total. The third-order valence-electron chi connectivity index (χ3n) is 7.67. The molecule has 0 aliphatic heterocycles. The first-order valence-electron chi connectivity index (χ1n) is 14.7. The molecule has 0 atom stereocenters. The van der Waals surface area contributed by atoms with Crippen molar-refractivity contribution in [3.05, 3.63) is 152 Å². The Morgan fingerprint density at radius 2 is 0.978 bits per heavy atom. The topological polar surface area (TPSA) is 64.5 Å². The molecule has 3 aromatic heterocycles. The Morgan fingerprint density at radius 3 is 1.60 bits per heavy atom. The molecule has 0 bridgehead atoms. The van der Waals surface area contributed by atoms with Crippen LogP contribution in [0.25, 0.3) is 77.2 Å². The Balaban J connectivity index is 1.28. The molecule has 3 heterocycles. The SMILES string of the molecule is c1ccc(-c2nc(-c3ccccc3)nc(-c3ccc(-c4ccc5nc(-c6ccccc6)sc5c4)c(-c4cccnc4)c3)n2)cc1. The lowest BCUT2D eigenvalue weighted by molar-refractivity contribution is 1.07. The first-order valence-corrected chi connectivity index (χ1v) is 15.5. The lowest BCUT2D eigenvalue weighted by Gasteiger charge is -2.13. The van der Waals surface area contributed by atoms with Gasteiger partial charge in [0.25, 0.3) is 0 Å². The van der Waals surface area contributed by atoms with Crippen molar-refractivity contribution in [3.63, 3.8) is 0 Å². The number of rotatable bonds is 6. The van der Waals surface area contributed by atoms with Crippen molar-refractivity contribution in [3.8, 4) is 67.0 Å². The molecular weight excluding hydrogens is 571 g/mol. The molecule has 0 aliphatic carbocycles. The highest BCUT2D eigenvalue weighted by atomic mass is 32.1. The van der Waals surface area contributed by atoms with Crippen LogP contribution >= 0.6 is 11.3 Å². The van der Waals surface area contributed by atoms with Crippen molar-refractivity contribution in [1.82, 2.24) is 24.9 Å². The molecule has 5 aromatic carbocycles. The summed E-state index contributed by atoms with van der Waals surface area (Å²) in [7, 11) is 0. The number of hydrogen-bond acceptors (Lipinski definition) is 6. The summed E-state index contributed by atoms with van der Waals surface area (Å²) in [5.74, 6) is 1.89. The molecule has 0 spiro atoms. The maximum atomic E-state index is 4.96. The predicted molar refractivity (Wildman–Crippen MR) is 183 cm³/mol. The number of fused-ring (bicyclic) bond motifs is 1. The van der Waals surface area contributed by atoms with E-state index in [1.54, 1.807) is 17.5 Å². The minimum Gasteiger partial charge on any atom is -0.264 e. The lowest BCUT2D eigenvalue weighted by atomic mass is 9.93. The first kappa shape index (κ1) is 26.8. The number of thiazole rings is 1. The van der Waals surface area contributed by atoms with E-state index in [0.717, 1.165) is 59.7 Å². The minimum atomic E-state index is 0.616. The molecule has 5 nitrogen and oxygen atoms in total. The first-order chi connectivity index (χ1) is 22.3. The third kappa shape index (κ3) is 5.39. The molecule has 212 valence electrons. The van der Waals surface area contributed by atoms with Crippen molar-refractivity contribution in [1.29, 1.82) is 0 Å². The molecule has 8 rings (SSSR count). The number of aromatic nitrogens is 5. The van der Waals surface area contributed by atoms with E-state index in [9.17, 15) is 0 Å². The number of nitrogens with zero attached hydrogens (tertiary/aromatic N) is 5. The normalized spacial score (nSPS) is 11.1. The largest absolute Gasteiger partial charge is 0.264 e. The van der Waals surface area contributed by atoms with Gasteiger partial charge in [0.05, 0.1) is 10.2 Å². The Bertz CT molecular complexity index is 2190. The van der Waals surface area contributed by atoms with E-state index in [1.165, 1.54) is 0 Å². The van der Waals surface area contributed by atoms with Gasteiger partial charge in [0, 0.05) is 40.2 Å². The molecule has 0 amide bonds. The van der Waals surface area contributed by atoms with E-state index in [2.05, 4.69) is 59.6 Å². The van der Waals surface area contributed by atoms with Crippen LogP contribution in [-0.2, 0) is 0 Å². The van der Waals surface area contributed by atoms with Gasteiger partial charge >= 0.3 is 0 Å². The van der Waals surface area contributed by atoms with Gasteiger partial charge in [-0.1, -0.05) is 115 Å². The van der Waals surface area contributed by atoms with E-state index >= 15 is 0 Å². The number of pyridine rings is 1. The molecule has 8 aromatic rings. The standard InChI is InChI=1S/C39H25N5S/c1-4-11-26(12-5-1)36-42-37(27-13-6-2-7-14-27)44-38(43-36)30-18-20-32(33(23-30)31-17-10-22-40-25-31)29-19-21-34-35(24-29)45-39(41-34)28-15-8-3-9-16-28/h1-25H. The molecule has 0 fully saturated rings. The van der Waals surface area contributed by atoms with Crippen molar-refractivity contribution in [2.45, 2.75) is 0 Å². The Labute approximate surface area is 264 Å². The van der Waals surface area contributed by atoms with Gasteiger partial charge in [-0.05, 0) is 41.0 Å². The molecule has 0 unspecified atom stereocenters. The Kier molecular flexibility index (Phi) is 6.94. The van der Waals surface area contributed by atoms with Crippen molar-refractivity contribution in [2.75, 3.05) is 0 Å². The van der Waals surface area contributed by atoms with Gasteiger partial charge in [0.2, 0.25) is 0 Å². The van der Waals surface area contributed by atoms with Crippen LogP contribution in [0.5, 0.6) is 0 Å². The van der Waals surface area contributed by atoms with E-state index < -0.39 is 0 Å². The highest BCUT2D eigenvalue weighted by molar-refractivity contribution is 7.21. The minimum absolute atomic E-state index is 0.616. The van der Waals surface area contributed by atoms with Crippen molar-refractivity contribution >= 4 is 21.6 Å². The second-order valence-corrected chi connectivity index (χ2v) is 11.6. The second kappa shape index (κ2) is 11.7. The third-order valence-corrected chi connectivity index (χ3v) is 8.74. The van der Waals surface area contributed by atoms with Gasteiger partial charge in [-0.15, -0.1) is 11.3 Å². The Hall–Kier alpha value is -5.85. The van der Waals surface area contributed by atoms with Gasteiger partial charge in [-0.2, -0.15) is 0 Å². The smallest absolute Gasteiger partial charge is 0.164 e. The summed E-state index contributed by atoms with van der Waals surface area (Å²) in [6.45, 7) is 0. The van der Waals surface area contributed by atoms with E-state index in [0.29, 0.717) is 17.5 Å². The average Bonchev–Trinajstić information content (AvgIpc) is 3.56. The van der Waals surface area contributed by atoms with Crippen molar-refractivity contribution in [2.24, 2.45) is 0 Å². The summed E-state index contributed by atoms with van der Waals surface area (Å²) in [6, 6.07) is 47.4. The fourth-order valence-electron chi connectivity index (χ4n) is 5.43. The van der Waals surface area contributed by atoms with Crippen LogP contribution in [0.3, 0.4) is 0 Å². The molecule has 0 saturated carbocycles. The zero-order chi connectivity index (χ0) is 30.0. The van der Waals surface area contributed by atoms with Crippen LogP contribution in [0.4, 0.5) is 0 Å². The summed E-state index contributed by atoms with van der Waals surface area (Å²) in [4.78, 5) is 24.1. The van der Waals surface area contributed by atoms with Crippen LogP contribution in [0.2, 0.25) is 0 Å². The molecule has 0 radical (unpaired) electrons. The van der Waals surface area contributed by atoms with E-state index in [4.69, 9.17) is 19.9 Å². The summed E-state index contributed by atoms with van der Waals surface area (Å²) in [5.41, 5.74) is 9.19. The van der Waals surface area contributed by atoms with Crippen LogP contribution < -0.4 is 0 Å². The maximum Gasteiger partial charge on any atom is 0.164 e. The maximum absolute atomic E-state index is 4.96. The van der Waals surface area contributed by atoms with Crippen molar-refractivity contribution < 1.29 is 0 Å². The van der Waals surface area contributed by atoms with Crippen LogP contribution in [0, 0.1) is 0 Å². The fourth-order valence-corrected chi connectivity index (χ4v) is 6.44. The van der Waals surface area contributed by atoms with E-state index in [1.807, 2.05) is 91.1 Å². The Morgan fingerprint density at radius 1 is 0.400 bits per heavy atom. The quantitative estimate of drug-likeness (QED) is 0.191. The summed E-state index contributed by atoms with van der Waals surface area (Å²) in [6.07, 6.45) is 3.70. The molecule has 0 saturated heterocycles. The fraction of sp³-hybridized carbons (Fsp3) is 0. The number of benzene rings is 5. The van der Waals surface area contributed by atoms with Gasteiger partial charge in [-0.25, -0.2) is 19.9 Å². The van der Waals surface area contributed by atoms with Gasteiger partial charge in [-0.3, -0.25) is 4.98 Å². The molecule has 45 heavy (non-hydrogen) atoms. The van der Waals surface area contributed by atoms with E-state index in [-0.39, 0.29) is 0 Å². The summed E-state index contributed by atoms with van der Waals surface area (Å²) >= 11 is 1.71. The van der Waals surface area contributed by atoms with Crippen LogP contribution in [0.15, 0.2) is 152 Å². The van der Waals surface area contributed by atoms with Gasteiger partial charge in [0.1, 0.15) is 5.01 Å². The second-order valence-electron chi connectivity index (χ2n) is 10.6. The summed E-state index contributed by atoms with van der Waals surface area (Å²) in [5, 5.41) is 1.02. The zero-order valence-corrected chi connectivity index (χ0v) is 24.9. The van der Waals surface area contributed by atoms with Crippen LogP contribution in [0.1, 0.15) is 0 Å². The number of hydrogen-bond donors (Lipinski definition) is 0. The molecule has 0 aliphatic rings. The monoisotopic (exact) mass is 595 g/mol. The lowest BCUT2D eigenvalue weighted by Crippen LogP contribution is -2.00. The highest BCUT2D eigenvalue weighted by Gasteiger charge is 2.16. The van der Waals surface area contributed by atoms with Crippen LogP contribution in [-0.4, -0.2) is 24.9 Å². The molecular formula is C39H25N5S. The van der Waals surface area contributed by atoms with Gasteiger partial charge < -0.3 is 0 Å². The molecule has 6 heteroatoms. The average molecular weight is 596 g/mol. The van der Waals surface area contributed by atoms with Gasteiger partial charge in [0.15, 0.2) is 17.5 Å². The highest BCUT2D eigenvalue weighted by Crippen LogP contribution is 2.38. The predicted octanol–water partition coefficient (Wildman–Crippen LogP) is 9.88. The zero-order valence-electron chi connectivity index (χ0n) is 24.1. The summed E-state index contributed by atoms with van der Waals surface area (Å²) < 4.78 is 1.14.